The maximum Gasteiger partial charge on any atom is 0.137 e. The number of pyridine rings is 1. The Labute approximate surface area is 110 Å². The Morgan fingerprint density at radius 2 is 1.95 bits per heavy atom. The summed E-state index contributed by atoms with van der Waals surface area (Å²) in [6, 6.07) is 7.78. The molecule has 2 heterocycles. The monoisotopic (exact) mass is 252 g/mol. The van der Waals surface area contributed by atoms with Crippen molar-refractivity contribution >= 4 is 16.7 Å². The zero-order valence-corrected chi connectivity index (χ0v) is 10.4. The first-order valence-electron chi connectivity index (χ1n) is 5.77. The second-order valence-corrected chi connectivity index (χ2v) is 4.10. The van der Waals surface area contributed by atoms with Gasteiger partial charge in [0, 0.05) is 17.1 Å². The Balaban J connectivity index is 2.17. The van der Waals surface area contributed by atoms with E-state index in [0.29, 0.717) is 5.82 Å². The zero-order valence-electron chi connectivity index (χ0n) is 10.4. The van der Waals surface area contributed by atoms with E-state index in [9.17, 15) is 0 Å². The first-order chi connectivity index (χ1) is 9.28. The van der Waals surface area contributed by atoms with Gasteiger partial charge in [0.25, 0.3) is 0 Å². The molecule has 0 bridgehead atoms. The molecule has 2 aromatic heterocycles. The predicted octanol–water partition coefficient (Wildman–Crippen LogP) is 2.28. The molecule has 0 aliphatic heterocycles. The average Bonchev–Trinajstić information content (AvgIpc) is 2.47. The van der Waals surface area contributed by atoms with Crippen LogP contribution in [0, 0.1) is 0 Å². The molecule has 0 atom stereocenters. The van der Waals surface area contributed by atoms with Crippen LogP contribution >= 0.6 is 0 Å². The molecule has 3 rings (SSSR count). The topological polar surface area (TPSA) is 73.9 Å². The fraction of sp³-hybridized carbons (Fsp3) is 0.0714. The molecule has 0 saturated heterocycles. The Bertz CT molecular complexity index is 742. The van der Waals surface area contributed by atoms with Crippen LogP contribution in [-0.2, 0) is 0 Å². The van der Waals surface area contributed by atoms with E-state index in [1.165, 1.54) is 6.33 Å². The summed E-state index contributed by atoms with van der Waals surface area (Å²) in [7, 11) is 1.62. The molecule has 5 nitrogen and oxygen atoms in total. The molecule has 0 fully saturated rings. The number of hydrogen-bond acceptors (Lipinski definition) is 5. The first-order valence-corrected chi connectivity index (χ1v) is 5.77. The number of nitrogens with zero attached hydrogens (tertiary/aromatic N) is 3. The lowest BCUT2D eigenvalue weighted by molar-refractivity contribution is 0.413. The van der Waals surface area contributed by atoms with Crippen molar-refractivity contribution in [1.29, 1.82) is 0 Å². The van der Waals surface area contributed by atoms with Crippen molar-refractivity contribution in [1.82, 2.24) is 15.0 Å². The second-order valence-electron chi connectivity index (χ2n) is 4.10. The Morgan fingerprint density at radius 3 is 2.79 bits per heavy atom. The van der Waals surface area contributed by atoms with Crippen LogP contribution in [0.15, 0.2) is 43.0 Å². The molecule has 0 radical (unpaired) electrons. The van der Waals surface area contributed by atoms with Crippen molar-refractivity contribution < 1.29 is 4.74 Å². The number of fused-ring (bicyclic) bond motifs is 1. The third-order valence-electron chi connectivity index (χ3n) is 2.95. The number of nitrogens with two attached hydrogens (primary N) is 1. The van der Waals surface area contributed by atoms with Gasteiger partial charge in [0.2, 0.25) is 0 Å². The number of methoxy groups -OCH3 is 1. The van der Waals surface area contributed by atoms with Crippen LogP contribution < -0.4 is 10.5 Å². The van der Waals surface area contributed by atoms with Gasteiger partial charge in [0.05, 0.1) is 18.8 Å². The molecule has 19 heavy (non-hydrogen) atoms. The highest BCUT2D eigenvalue weighted by Crippen LogP contribution is 2.27. The molecule has 0 unspecified atom stereocenters. The number of hydrogen-bond donors (Lipinski definition) is 1. The van der Waals surface area contributed by atoms with Crippen LogP contribution in [0.25, 0.3) is 22.0 Å². The van der Waals surface area contributed by atoms with Crippen molar-refractivity contribution in [3.8, 4) is 16.9 Å². The molecule has 1 aromatic carbocycles. The number of benzene rings is 1. The fourth-order valence-electron chi connectivity index (χ4n) is 1.94. The van der Waals surface area contributed by atoms with E-state index in [1.54, 1.807) is 19.5 Å². The summed E-state index contributed by atoms with van der Waals surface area (Å²) in [5.41, 5.74) is 8.66. The van der Waals surface area contributed by atoms with Crippen LogP contribution in [0.3, 0.4) is 0 Å². The first kappa shape index (κ1) is 11.4. The third-order valence-corrected chi connectivity index (χ3v) is 2.95. The van der Waals surface area contributed by atoms with Crippen LogP contribution in [0.2, 0.25) is 0 Å². The highest BCUT2D eigenvalue weighted by molar-refractivity contribution is 5.91. The largest absolute Gasteiger partial charge is 0.495 e. The molecule has 0 aliphatic carbocycles. The van der Waals surface area contributed by atoms with Crippen molar-refractivity contribution in [2.45, 2.75) is 0 Å². The summed E-state index contributed by atoms with van der Waals surface area (Å²) in [5.74, 6) is 1.19. The minimum atomic E-state index is 0.475. The quantitative estimate of drug-likeness (QED) is 0.757. The zero-order chi connectivity index (χ0) is 13.2. The van der Waals surface area contributed by atoms with E-state index in [1.807, 2.05) is 24.3 Å². The van der Waals surface area contributed by atoms with E-state index < -0.39 is 0 Å². The van der Waals surface area contributed by atoms with Gasteiger partial charge in [0.15, 0.2) is 0 Å². The van der Waals surface area contributed by atoms with Crippen LogP contribution in [0.1, 0.15) is 0 Å². The molecule has 0 aliphatic rings. The van der Waals surface area contributed by atoms with E-state index in [0.717, 1.165) is 27.8 Å². The van der Waals surface area contributed by atoms with E-state index in [2.05, 4.69) is 15.0 Å². The molecule has 5 heteroatoms. The minimum absolute atomic E-state index is 0.475. The third kappa shape index (κ3) is 2.06. The Hall–Kier alpha value is -2.69. The molecule has 94 valence electrons. The Kier molecular flexibility index (Phi) is 2.72. The summed E-state index contributed by atoms with van der Waals surface area (Å²) in [4.78, 5) is 12.3. The smallest absolute Gasteiger partial charge is 0.137 e. The highest BCUT2D eigenvalue weighted by atomic mass is 16.5. The SMILES string of the molecule is COc1cncc(-c2ccc3ncnc(N)c3c2)c1. The summed E-state index contributed by atoms with van der Waals surface area (Å²) < 4.78 is 5.18. The van der Waals surface area contributed by atoms with Gasteiger partial charge < -0.3 is 10.5 Å². The van der Waals surface area contributed by atoms with Gasteiger partial charge in [-0.1, -0.05) is 6.07 Å². The van der Waals surface area contributed by atoms with Crippen LogP contribution in [-0.4, -0.2) is 22.1 Å². The highest BCUT2D eigenvalue weighted by Gasteiger charge is 2.05. The average molecular weight is 252 g/mol. The minimum Gasteiger partial charge on any atom is -0.495 e. The van der Waals surface area contributed by atoms with Gasteiger partial charge in [-0.2, -0.15) is 0 Å². The molecule has 3 aromatic rings. The van der Waals surface area contributed by atoms with Crippen molar-refractivity contribution in [3.63, 3.8) is 0 Å². The van der Waals surface area contributed by atoms with Crippen molar-refractivity contribution in [3.05, 3.63) is 43.0 Å². The summed E-state index contributed by atoms with van der Waals surface area (Å²) in [6.45, 7) is 0. The number of anilines is 1. The molecule has 0 saturated carbocycles. The normalized spacial score (nSPS) is 10.6. The molecular formula is C14H12N4O. The molecule has 0 amide bonds. The summed E-state index contributed by atoms with van der Waals surface area (Å²) >= 11 is 0. The number of rotatable bonds is 2. The lowest BCUT2D eigenvalue weighted by Crippen LogP contribution is -1.93. The maximum absolute atomic E-state index is 5.87. The van der Waals surface area contributed by atoms with Crippen molar-refractivity contribution in [2.75, 3.05) is 12.8 Å². The Morgan fingerprint density at radius 1 is 1.05 bits per heavy atom. The molecule has 2 N–H and O–H groups in total. The lowest BCUT2D eigenvalue weighted by Gasteiger charge is -2.06. The van der Waals surface area contributed by atoms with Gasteiger partial charge in [-0.15, -0.1) is 0 Å². The maximum atomic E-state index is 5.87. The van der Waals surface area contributed by atoms with E-state index >= 15 is 0 Å². The molecule has 0 spiro atoms. The standard InChI is InChI=1S/C14H12N4O/c1-19-11-4-10(6-16-7-11)9-2-3-13-12(5-9)14(15)18-8-17-13/h2-8H,1H3,(H2,15,17,18). The number of nitrogen functional groups attached to an aromatic ring is 1. The number of aromatic nitrogens is 3. The van der Waals surface area contributed by atoms with Crippen LogP contribution in [0.5, 0.6) is 5.75 Å². The molecular weight excluding hydrogens is 240 g/mol. The van der Waals surface area contributed by atoms with Crippen LogP contribution in [0.4, 0.5) is 5.82 Å². The summed E-state index contributed by atoms with van der Waals surface area (Å²) in [5, 5.41) is 0.836. The fourth-order valence-corrected chi connectivity index (χ4v) is 1.94. The lowest BCUT2D eigenvalue weighted by atomic mass is 10.1. The number of ether oxygens (including phenoxy) is 1. The van der Waals surface area contributed by atoms with Gasteiger partial charge in [0.1, 0.15) is 17.9 Å². The van der Waals surface area contributed by atoms with Gasteiger partial charge in [-0.25, -0.2) is 9.97 Å². The van der Waals surface area contributed by atoms with Crippen molar-refractivity contribution in [2.24, 2.45) is 0 Å². The van der Waals surface area contributed by atoms with E-state index in [-0.39, 0.29) is 0 Å². The predicted molar refractivity (Wildman–Crippen MR) is 73.7 cm³/mol. The summed E-state index contributed by atoms with van der Waals surface area (Å²) in [6.07, 6.45) is 4.91. The van der Waals surface area contributed by atoms with Gasteiger partial charge in [-0.05, 0) is 23.8 Å². The van der Waals surface area contributed by atoms with E-state index in [4.69, 9.17) is 10.5 Å². The second kappa shape index (κ2) is 4.53. The van der Waals surface area contributed by atoms with Gasteiger partial charge in [-0.3, -0.25) is 4.98 Å². The van der Waals surface area contributed by atoms with Gasteiger partial charge >= 0.3 is 0 Å².